The molecule has 1 aromatic rings. The highest BCUT2D eigenvalue weighted by atomic mass is 16.6. The van der Waals surface area contributed by atoms with Gasteiger partial charge in [0.05, 0.1) is 13.2 Å². The molecule has 2 amide bonds. The van der Waals surface area contributed by atoms with Gasteiger partial charge < -0.3 is 24.2 Å². The summed E-state index contributed by atoms with van der Waals surface area (Å²) in [6.45, 7) is 16.6. The number of aromatic nitrogens is 2. The van der Waals surface area contributed by atoms with Gasteiger partial charge in [-0.3, -0.25) is 4.79 Å². The normalized spacial score (nSPS) is 16.9. The molecule has 32 heavy (non-hydrogen) atoms. The standard InChI is InChI=1S/C21H33N5O4.C2H6/c1-16-17(5-6-18(27)24-11-13-29-14-12-24)19(23-15-22-16)25-7-9-26(10-8-25)20(28)30-21(2,3)4;1-2/h15H,5-14H2,1-4H3;1-2H3. The first-order valence-corrected chi connectivity index (χ1v) is 11.6. The minimum Gasteiger partial charge on any atom is -0.444 e. The number of nitrogens with zero attached hydrogens (tertiary/aromatic N) is 5. The van der Waals surface area contributed by atoms with Gasteiger partial charge in [-0.05, 0) is 34.1 Å². The van der Waals surface area contributed by atoms with Crippen LogP contribution in [0.3, 0.4) is 0 Å². The number of amides is 2. The van der Waals surface area contributed by atoms with Crippen LogP contribution in [0, 0.1) is 6.92 Å². The summed E-state index contributed by atoms with van der Waals surface area (Å²) in [6, 6.07) is 0. The molecule has 0 bridgehead atoms. The fourth-order valence-corrected chi connectivity index (χ4v) is 3.68. The molecule has 0 spiro atoms. The lowest BCUT2D eigenvalue weighted by Gasteiger charge is -2.37. The van der Waals surface area contributed by atoms with Crippen molar-refractivity contribution in [3.8, 4) is 0 Å². The van der Waals surface area contributed by atoms with E-state index >= 15 is 0 Å². The second kappa shape index (κ2) is 12.0. The maximum absolute atomic E-state index is 12.6. The fourth-order valence-electron chi connectivity index (χ4n) is 3.68. The van der Waals surface area contributed by atoms with E-state index in [2.05, 4.69) is 14.9 Å². The monoisotopic (exact) mass is 449 g/mol. The number of carbonyl (C=O) groups is 2. The zero-order chi connectivity index (χ0) is 23.7. The third-order valence-electron chi connectivity index (χ3n) is 5.32. The molecule has 2 aliphatic heterocycles. The zero-order valence-corrected chi connectivity index (χ0v) is 20.5. The summed E-state index contributed by atoms with van der Waals surface area (Å²) < 4.78 is 10.8. The van der Waals surface area contributed by atoms with Crippen LogP contribution in [0.4, 0.5) is 10.6 Å². The Kier molecular flexibility index (Phi) is 9.68. The highest BCUT2D eigenvalue weighted by Crippen LogP contribution is 2.23. The Morgan fingerprint density at radius 1 is 1.00 bits per heavy atom. The number of ether oxygens (including phenoxy) is 2. The number of anilines is 1. The summed E-state index contributed by atoms with van der Waals surface area (Å²) in [5.41, 5.74) is 1.40. The van der Waals surface area contributed by atoms with Crippen molar-refractivity contribution in [1.29, 1.82) is 0 Å². The third kappa shape index (κ3) is 7.32. The van der Waals surface area contributed by atoms with E-state index in [4.69, 9.17) is 9.47 Å². The molecule has 1 aromatic heterocycles. The Hall–Kier alpha value is -2.42. The van der Waals surface area contributed by atoms with Crippen molar-refractivity contribution in [2.24, 2.45) is 0 Å². The Bertz CT molecular complexity index is 751. The lowest BCUT2D eigenvalue weighted by atomic mass is 10.1. The lowest BCUT2D eigenvalue weighted by Crippen LogP contribution is -2.50. The number of piperazine rings is 1. The van der Waals surface area contributed by atoms with Gasteiger partial charge in [0.2, 0.25) is 5.91 Å². The molecule has 180 valence electrons. The highest BCUT2D eigenvalue weighted by Gasteiger charge is 2.28. The molecule has 0 aromatic carbocycles. The molecular formula is C23H39N5O4. The van der Waals surface area contributed by atoms with E-state index in [1.807, 2.05) is 46.4 Å². The van der Waals surface area contributed by atoms with Crippen LogP contribution in [0.15, 0.2) is 6.33 Å². The number of rotatable bonds is 4. The van der Waals surface area contributed by atoms with E-state index in [0.717, 1.165) is 17.1 Å². The minimum absolute atomic E-state index is 0.141. The maximum atomic E-state index is 12.6. The van der Waals surface area contributed by atoms with Crippen LogP contribution < -0.4 is 4.90 Å². The summed E-state index contributed by atoms with van der Waals surface area (Å²) >= 11 is 0. The molecule has 0 saturated carbocycles. The number of morpholine rings is 1. The first kappa shape index (κ1) is 25.8. The van der Waals surface area contributed by atoms with E-state index in [-0.39, 0.29) is 12.0 Å². The molecule has 0 atom stereocenters. The van der Waals surface area contributed by atoms with Crippen molar-refractivity contribution in [2.75, 3.05) is 57.4 Å². The fraction of sp³-hybridized carbons (Fsp3) is 0.739. The number of aryl methyl sites for hydroxylation is 1. The molecule has 3 heterocycles. The van der Waals surface area contributed by atoms with Crippen molar-refractivity contribution >= 4 is 17.8 Å². The maximum Gasteiger partial charge on any atom is 0.410 e. The molecule has 2 saturated heterocycles. The lowest BCUT2D eigenvalue weighted by molar-refractivity contribution is -0.135. The smallest absolute Gasteiger partial charge is 0.410 e. The average molecular weight is 450 g/mol. The Morgan fingerprint density at radius 3 is 2.22 bits per heavy atom. The van der Waals surface area contributed by atoms with E-state index in [0.29, 0.717) is 65.3 Å². The molecule has 2 aliphatic rings. The van der Waals surface area contributed by atoms with Crippen LogP contribution in [-0.4, -0.2) is 89.9 Å². The van der Waals surface area contributed by atoms with Crippen LogP contribution in [0.1, 0.15) is 52.3 Å². The van der Waals surface area contributed by atoms with E-state index < -0.39 is 5.60 Å². The molecule has 0 radical (unpaired) electrons. The van der Waals surface area contributed by atoms with Crippen LogP contribution in [0.25, 0.3) is 0 Å². The van der Waals surface area contributed by atoms with E-state index in [1.54, 1.807) is 11.2 Å². The predicted molar refractivity (Wildman–Crippen MR) is 124 cm³/mol. The summed E-state index contributed by atoms with van der Waals surface area (Å²) in [7, 11) is 0. The van der Waals surface area contributed by atoms with Gasteiger partial charge in [0, 0.05) is 56.9 Å². The molecule has 2 fully saturated rings. The van der Waals surface area contributed by atoms with Gasteiger partial charge in [-0.2, -0.15) is 0 Å². The molecule has 0 N–H and O–H groups in total. The Labute approximate surface area is 192 Å². The Balaban J connectivity index is 0.00000176. The van der Waals surface area contributed by atoms with E-state index in [1.165, 1.54) is 0 Å². The number of hydrogen-bond donors (Lipinski definition) is 0. The van der Waals surface area contributed by atoms with Crippen LogP contribution >= 0.6 is 0 Å². The third-order valence-corrected chi connectivity index (χ3v) is 5.32. The van der Waals surface area contributed by atoms with Crippen molar-refractivity contribution in [3.05, 3.63) is 17.6 Å². The average Bonchev–Trinajstić information content (AvgIpc) is 2.79. The summed E-state index contributed by atoms with van der Waals surface area (Å²) in [6.07, 6.45) is 2.32. The van der Waals surface area contributed by atoms with Crippen molar-refractivity contribution in [2.45, 2.75) is 60.0 Å². The second-order valence-electron chi connectivity index (χ2n) is 8.71. The summed E-state index contributed by atoms with van der Waals surface area (Å²) in [4.78, 5) is 39.5. The number of carbonyl (C=O) groups excluding carboxylic acids is 2. The van der Waals surface area contributed by atoms with Gasteiger partial charge in [0.25, 0.3) is 0 Å². The minimum atomic E-state index is -0.502. The summed E-state index contributed by atoms with van der Waals surface area (Å²) in [5.74, 6) is 1.00. The molecule has 9 nitrogen and oxygen atoms in total. The van der Waals surface area contributed by atoms with Crippen molar-refractivity contribution in [3.63, 3.8) is 0 Å². The van der Waals surface area contributed by atoms with Gasteiger partial charge in [-0.1, -0.05) is 13.8 Å². The molecular weight excluding hydrogens is 410 g/mol. The van der Waals surface area contributed by atoms with Gasteiger partial charge in [0.15, 0.2) is 0 Å². The summed E-state index contributed by atoms with van der Waals surface area (Å²) in [5, 5.41) is 0. The predicted octanol–water partition coefficient (Wildman–Crippen LogP) is 2.66. The second-order valence-corrected chi connectivity index (χ2v) is 8.71. The van der Waals surface area contributed by atoms with Gasteiger partial charge in [0.1, 0.15) is 17.7 Å². The number of hydrogen-bond acceptors (Lipinski definition) is 7. The van der Waals surface area contributed by atoms with Gasteiger partial charge >= 0.3 is 6.09 Å². The van der Waals surface area contributed by atoms with Crippen LogP contribution in [0.5, 0.6) is 0 Å². The van der Waals surface area contributed by atoms with E-state index in [9.17, 15) is 9.59 Å². The zero-order valence-electron chi connectivity index (χ0n) is 20.5. The largest absolute Gasteiger partial charge is 0.444 e. The van der Waals surface area contributed by atoms with Crippen molar-refractivity contribution in [1.82, 2.24) is 19.8 Å². The molecule has 0 unspecified atom stereocenters. The first-order chi connectivity index (χ1) is 15.2. The molecule has 0 aliphatic carbocycles. The SMILES string of the molecule is CC.Cc1ncnc(N2CCN(C(=O)OC(C)(C)C)CC2)c1CCC(=O)N1CCOCC1. The van der Waals surface area contributed by atoms with Gasteiger partial charge in [-0.25, -0.2) is 14.8 Å². The Morgan fingerprint density at radius 2 is 1.62 bits per heavy atom. The quantitative estimate of drug-likeness (QED) is 0.698. The van der Waals surface area contributed by atoms with Crippen molar-refractivity contribution < 1.29 is 19.1 Å². The molecule has 3 rings (SSSR count). The highest BCUT2D eigenvalue weighted by molar-refractivity contribution is 5.77. The van der Waals surface area contributed by atoms with Crippen LogP contribution in [0.2, 0.25) is 0 Å². The molecule has 9 heteroatoms. The van der Waals surface area contributed by atoms with Crippen LogP contribution in [-0.2, 0) is 20.7 Å². The topological polar surface area (TPSA) is 88.1 Å². The first-order valence-electron chi connectivity index (χ1n) is 11.6. The van der Waals surface area contributed by atoms with Gasteiger partial charge in [-0.15, -0.1) is 0 Å².